The molecule has 0 unspecified atom stereocenters. The average Bonchev–Trinajstić information content (AvgIpc) is 2.85. The van der Waals surface area contributed by atoms with E-state index in [1.165, 1.54) is 6.33 Å². The summed E-state index contributed by atoms with van der Waals surface area (Å²) in [6.45, 7) is 0. The van der Waals surface area contributed by atoms with Gasteiger partial charge in [0.25, 0.3) is 0 Å². The van der Waals surface area contributed by atoms with E-state index in [0.29, 0.717) is 5.82 Å². The maximum absolute atomic E-state index is 8.98. The Balaban J connectivity index is 2.27. The lowest BCUT2D eigenvalue weighted by Crippen LogP contribution is -2.03. The molecule has 2 aromatic heterocycles. The van der Waals surface area contributed by atoms with Crippen LogP contribution in [0.1, 0.15) is 5.82 Å². The molecule has 20 heavy (non-hydrogen) atoms. The minimum atomic E-state index is 0.243. The van der Waals surface area contributed by atoms with E-state index in [2.05, 4.69) is 21.0 Å². The Morgan fingerprint density at radius 2 is 2.15 bits per heavy atom. The summed E-state index contributed by atoms with van der Waals surface area (Å²) in [7, 11) is 0. The second kappa shape index (κ2) is 5.31. The predicted octanol–water partition coefficient (Wildman–Crippen LogP) is 2.60. The first-order valence-electron chi connectivity index (χ1n) is 6.03. The molecule has 3 aromatic rings. The van der Waals surface area contributed by atoms with E-state index in [-0.39, 0.29) is 6.42 Å². The Kier molecular flexibility index (Phi) is 3.35. The molecular weight excluding hydrogens is 270 g/mol. The maximum Gasteiger partial charge on any atom is 0.143 e. The summed E-state index contributed by atoms with van der Waals surface area (Å²) < 4.78 is 1.92. The number of nitriles is 1. The lowest BCUT2D eigenvalue weighted by atomic mass is 10.3. The molecule has 3 rings (SSSR count). The standard InChI is InChI=1S/C14H11N5S/c1-20-14-8-13(16-9-17-14)19-11-5-3-2-4-10(11)18-12(19)6-7-15/h2-5,8-9H,6H2,1H3. The van der Waals surface area contributed by atoms with Crippen LogP contribution < -0.4 is 0 Å². The molecule has 0 aliphatic heterocycles. The average molecular weight is 281 g/mol. The molecule has 0 saturated heterocycles. The zero-order valence-corrected chi connectivity index (χ0v) is 11.6. The van der Waals surface area contributed by atoms with Gasteiger partial charge >= 0.3 is 0 Å². The van der Waals surface area contributed by atoms with Crippen LogP contribution in [0.5, 0.6) is 0 Å². The molecular formula is C14H11N5S. The number of rotatable bonds is 3. The highest BCUT2D eigenvalue weighted by Crippen LogP contribution is 2.22. The molecule has 0 aliphatic carbocycles. The van der Waals surface area contributed by atoms with Crippen LogP contribution in [0.2, 0.25) is 0 Å². The third kappa shape index (κ3) is 2.12. The van der Waals surface area contributed by atoms with Crippen LogP contribution in [0, 0.1) is 11.3 Å². The molecule has 0 radical (unpaired) electrons. The summed E-state index contributed by atoms with van der Waals surface area (Å²) in [5.74, 6) is 1.43. The van der Waals surface area contributed by atoms with Gasteiger partial charge in [0.2, 0.25) is 0 Å². The zero-order valence-electron chi connectivity index (χ0n) is 10.8. The number of thioether (sulfide) groups is 1. The Bertz CT molecular complexity index is 803. The molecule has 0 aliphatic rings. The number of hydrogen-bond donors (Lipinski definition) is 0. The van der Waals surface area contributed by atoms with E-state index in [1.807, 2.05) is 41.2 Å². The van der Waals surface area contributed by atoms with Gasteiger partial charge in [-0.2, -0.15) is 5.26 Å². The summed E-state index contributed by atoms with van der Waals surface area (Å²) >= 11 is 1.55. The van der Waals surface area contributed by atoms with Crippen LogP contribution in [0.3, 0.4) is 0 Å². The topological polar surface area (TPSA) is 67.4 Å². The van der Waals surface area contributed by atoms with Gasteiger partial charge in [-0.05, 0) is 18.4 Å². The molecule has 6 heteroatoms. The molecule has 1 aromatic carbocycles. The summed E-state index contributed by atoms with van der Waals surface area (Å²) in [6.07, 6.45) is 3.74. The van der Waals surface area contributed by atoms with E-state index in [0.717, 1.165) is 21.9 Å². The SMILES string of the molecule is CSc1cc(-n2c(CC#N)nc3ccccc32)ncn1. The first kappa shape index (κ1) is 12.6. The van der Waals surface area contributed by atoms with Crippen LogP contribution in [-0.2, 0) is 6.42 Å². The minimum absolute atomic E-state index is 0.243. The molecule has 0 bridgehead atoms. The van der Waals surface area contributed by atoms with Gasteiger partial charge < -0.3 is 0 Å². The quantitative estimate of drug-likeness (QED) is 0.545. The van der Waals surface area contributed by atoms with Crippen molar-refractivity contribution in [1.82, 2.24) is 19.5 Å². The maximum atomic E-state index is 8.98. The molecule has 0 atom stereocenters. The van der Waals surface area contributed by atoms with Crippen molar-refractivity contribution in [2.75, 3.05) is 6.26 Å². The fraction of sp³-hybridized carbons (Fsp3) is 0.143. The van der Waals surface area contributed by atoms with Crippen molar-refractivity contribution in [3.8, 4) is 11.9 Å². The van der Waals surface area contributed by atoms with Crippen molar-refractivity contribution in [3.63, 3.8) is 0 Å². The Morgan fingerprint density at radius 1 is 1.30 bits per heavy atom. The van der Waals surface area contributed by atoms with E-state index in [9.17, 15) is 0 Å². The van der Waals surface area contributed by atoms with Crippen molar-refractivity contribution in [2.45, 2.75) is 11.4 Å². The van der Waals surface area contributed by atoms with E-state index in [1.54, 1.807) is 11.8 Å². The number of aromatic nitrogens is 4. The van der Waals surface area contributed by atoms with E-state index < -0.39 is 0 Å². The monoisotopic (exact) mass is 281 g/mol. The fourth-order valence-electron chi connectivity index (χ4n) is 2.08. The van der Waals surface area contributed by atoms with Crippen molar-refractivity contribution >= 4 is 22.8 Å². The second-order valence-corrected chi connectivity index (χ2v) is 4.93. The number of hydrogen-bond acceptors (Lipinski definition) is 5. The predicted molar refractivity (Wildman–Crippen MR) is 77.8 cm³/mol. The van der Waals surface area contributed by atoms with Crippen LogP contribution >= 0.6 is 11.8 Å². The van der Waals surface area contributed by atoms with E-state index in [4.69, 9.17) is 5.26 Å². The molecule has 2 heterocycles. The van der Waals surface area contributed by atoms with Gasteiger partial charge in [0, 0.05) is 6.07 Å². The third-order valence-electron chi connectivity index (χ3n) is 2.93. The third-order valence-corrected chi connectivity index (χ3v) is 3.57. The summed E-state index contributed by atoms with van der Waals surface area (Å²) in [5.41, 5.74) is 1.81. The normalized spacial score (nSPS) is 10.6. The molecule has 0 fully saturated rings. The Morgan fingerprint density at radius 3 is 2.95 bits per heavy atom. The summed E-state index contributed by atoms with van der Waals surface area (Å²) in [4.78, 5) is 13.0. The smallest absolute Gasteiger partial charge is 0.143 e. The van der Waals surface area contributed by atoms with Gasteiger partial charge in [0.15, 0.2) is 0 Å². The highest BCUT2D eigenvalue weighted by atomic mass is 32.2. The molecule has 0 saturated carbocycles. The van der Waals surface area contributed by atoms with Crippen molar-refractivity contribution in [2.24, 2.45) is 0 Å². The second-order valence-electron chi connectivity index (χ2n) is 4.11. The van der Waals surface area contributed by atoms with Gasteiger partial charge in [-0.1, -0.05) is 12.1 Å². The Labute approximate surface area is 120 Å². The number of imidazole rings is 1. The fourth-order valence-corrected chi connectivity index (χ4v) is 2.46. The molecule has 98 valence electrons. The van der Waals surface area contributed by atoms with Gasteiger partial charge in [-0.15, -0.1) is 11.8 Å². The summed E-state index contributed by atoms with van der Waals surface area (Å²) in [6, 6.07) is 11.8. The first-order valence-corrected chi connectivity index (χ1v) is 7.25. The minimum Gasteiger partial charge on any atom is -0.279 e. The van der Waals surface area contributed by atoms with Crippen LogP contribution in [-0.4, -0.2) is 25.8 Å². The molecule has 0 N–H and O–H groups in total. The number of nitrogens with zero attached hydrogens (tertiary/aromatic N) is 5. The highest BCUT2D eigenvalue weighted by molar-refractivity contribution is 7.98. The number of fused-ring (bicyclic) bond motifs is 1. The number of para-hydroxylation sites is 2. The molecule has 0 amide bonds. The lowest BCUT2D eigenvalue weighted by molar-refractivity contribution is 0.893. The zero-order chi connectivity index (χ0) is 13.9. The van der Waals surface area contributed by atoms with Gasteiger partial charge in [-0.3, -0.25) is 4.57 Å². The van der Waals surface area contributed by atoms with Crippen molar-refractivity contribution in [1.29, 1.82) is 5.26 Å². The number of benzene rings is 1. The largest absolute Gasteiger partial charge is 0.279 e. The van der Waals surface area contributed by atoms with Crippen LogP contribution in [0.4, 0.5) is 0 Å². The summed E-state index contributed by atoms with van der Waals surface area (Å²) in [5, 5.41) is 9.86. The van der Waals surface area contributed by atoms with Gasteiger partial charge in [-0.25, -0.2) is 15.0 Å². The van der Waals surface area contributed by atoms with E-state index >= 15 is 0 Å². The highest BCUT2D eigenvalue weighted by Gasteiger charge is 2.13. The van der Waals surface area contributed by atoms with Gasteiger partial charge in [0.1, 0.15) is 23.0 Å². The molecule has 5 nitrogen and oxygen atoms in total. The lowest BCUT2D eigenvalue weighted by Gasteiger charge is -2.07. The van der Waals surface area contributed by atoms with Gasteiger partial charge in [0.05, 0.1) is 23.5 Å². The van der Waals surface area contributed by atoms with Crippen molar-refractivity contribution < 1.29 is 0 Å². The van der Waals surface area contributed by atoms with Crippen LogP contribution in [0.25, 0.3) is 16.9 Å². The van der Waals surface area contributed by atoms with Crippen LogP contribution in [0.15, 0.2) is 41.7 Å². The molecule has 0 spiro atoms. The Hall–Kier alpha value is -2.39. The van der Waals surface area contributed by atoms with Crippen molar-refractivity contribution in [3.05, 3.63) is 42.5 Å². The first-order chi connectivity index (χ1) is 9.83.